The lowest BCUT2D eigenvalue weighted by atomic mass is 9.94. The molecule has 2 N–H and O–H groups in total. The van der Waals surface area contributed by atoms with Gasteiger partial charge in [-0.2, -0.15) is 5.10 Å². The van der Waals surface area contributed by atoms with Crippen molar-refractivity contribution in [3.8, 4) is 5.75 Å². The van der Waals surface area contributed by atoms with Gasteiger partial charge < -0.3 is 10.2 Å². The largest absolute Gasteiger partial charge is 0.506 e. The van der Waals surface area contributed by atoms with Crippen LogP contribution in [-0.4, -0.2) is 44.0 Å². The summed E-state index contributed by atoms with van der Waals surface area (Å²) in [6.07, 6.45) is 3.69. The highest BCUT2D eigenvalue weighted by molar-refractivity contribution is 6.32. The number of carboxylic acid groups (broad SMARTS) is 1. The van der Waals surface area contributed by atoms with Gasteiger partial charge in [-0.1, -0.05) is 23.7 Å². The lowest BCUT2D eigenvalue weighted by Crippen LogP contribution is -2.35. The Balaban J connectivity index is 1.72. The normalized spacial score (nSPS) is 18.6. The molecule has 0 radical (unpaired) electrons. The minimum atomic E-state index is -0.890. The number of hydrogen-bond donors (Lipinski definition) is 2. The molecule has 0 unspecified atom stereocenters. The standard InChI is InChI=1S/C17H20ClN3O3/c18-17-13(3-1-5-15(17)22)10-20-8-2-4-12(9-20)14-6-7-19-21(14)11-16(23)24/h1,3,5-7,12,22H,2,4,8-11H2,(H,23,24)/t12-/m0/s1. The molecular weight excluding hydrogens is 330 g/mol. The highest BCUT2D eigenvalue weighted by Crippen LogP contribution is 2.31. The minimum Gasteiger partial charge on any atom is -0.506 e. The molecule has 0 bridgehead atoms. The van der Waals surface area contributed by atoms with E-state index < -0.39 is 5.97 Å². The van der Waals surface area contributed by atoms with Gasteiger partial charge in [-0.25, -0.2) is 0 Å². The first-order valence-electron chi connectivity index (χ1n) is 7.97. The molecule has 0 amide bonds. The number of aliphatic carboxylic acids is 1. The highest BCUT2D eigenvalue weighted by atomic mass is 35.5. The van der Waals surface area contributed by atoms with Gasteiger partial charge in [0.15, 0.2) is 0 Å². The molecule has 2 heterocycles. The Labute approximate surface area is 145 Å². The lowest BCUT2D eigenvalue weighted by molar-refractivity contribution is -0.137. The molecule has 0 spiro atoms. The second-order valence-electron chi connectivity index (χ2n) is 6.13. The zero-order valence-electron chi connectivity index (χ0n) is 13.2. The number of halogens is 1. The lowest BCUT2D eigenvalue weighted by Gasteiger charge is -2.33. The van der Waals surface area contributed by atoms with E-state index >= 15 is 0 Å². The second-order valence-corrected chi connectivity index (χ2v) is 6.51. The third kappa shape index (κ3) is 3.71. The Hall–Kier alpha value is -2.05. The van der Waals surface area contributed by atoms with E-state index in [1.807, 2.05) is 12.1 Å². The van der Waals surface area contributed by atoms with Crippen molar-refractivity contribution in [2.45, 2.75) is 31.8 Å². The summed E-state index contributed by atoms with van der Waals surface area (Å²) in [7, 11) is 0. The third-order valence-electron chi connectivity index (χ3n) is 4.41. The van der Waals surface area contributed by atoms with Crippen LogP contribution in [0.1, 0.15) is 30.0 Å². The van der Waals surface area contributed by atoms with E-state index in [2.05, 4.69) is 10.00 Å². The van der Waals surface area contributed by atoms with Crippen molar-refractivity contribution in [2.75, 3.05) is 13.1 Å². The van der Waals surface area contributed by atoms with E-state index in [-0.39, 0.29) is 18.2 Å². The van der Waals surface area contributed by atoms with Crippen LogP contribution in [0.25, 0.3) is 0 Å². The molecule has 1 atom stereocenters. The highest BCUT2D eigenvalue weighted by Gasteiger charge is 2.25. The number of rotatable bonds is 5. The van der Waals surface area contributed by atoms with Gasteiger partial charge in [0.25, 0.3) is 0 Å². The number of phenolic OH excluding ortho intramolecular Hbond substituents is 1. The SMILES string of the molecule is O=C(O)Cn1nccc1[C@H]1CCCN(Cc2cccc(O)c2Cl)C1. The Bertz CT molecular complexity index is 732. The fourth-order valence-corrected chi connectivity index (χ4v) is 3.51. The summed E-state index contributed by atoms with van der Waals surface area (Å²) >= 11 is 6.17. The first kappa shape index (κ1) is 16.8. The van der Waals surface area contributed by atoms with Gasteiger partial charge in [-0.05, 0) is 37.1 Å². The molecule has 0 aliphatic carbocycles. The van der Waals surface area contributed by atoms with Gasteiger partial charge in [0.05, 0.1) is 5.02 Å². The summed E-state index contributed by atoms with van der Waals surface area (Å²) in [6, 6.07) is 7.19. The van der Waals surface area contributed by atoms with Crippen LogP contribution in [0, 0.1) is 0 Å². The fourth-order valence-electron chi connectivity index (χ4n) is 3.32. The summed E-state index contributed by atoms with van der Waals surface area (Å²) in [5, 5.41) is 23.3. The van der Waals surface area contributed by atoms with Crippen LogP contribution in [0.3, 0.4) is 0 Å². The Morgan fingerprint density at radius 3 is 3.00 bits per heavy atom. The van der Waals surface area contributed by atoms with Gasteiger partial charge in [0.1, 0.15) is 12.3 Å². The van der Waals surface area contributed by atoms with Crippen molar-refractivity contribution in [1.82, 2.24) is 14.7 Å². The summed E-state index contributed by atoms with van der Waals surface area (Å²) in [5.74, 6) is -0.543. The molecular formula is C17H20ClN3O3. The molecule has 6 nitrogen and oxygen atoms in total. The minimum absolute atomic E-state index is 0.0993. The molecule has 2 aromatic rings. The smallest absolute Gasteiger partial charge is 0.325 e. The maximum absolute atomic E-state index is 11.0. The van der Waals surface area contributed by atoms with E-state index in [1.165, 1.54) is 0 Å². The summed E-state index contributed by atoms with van der Waals surface area (Å²) in [4.78, 5) is 13.3. The molecule has 1 aliphatic rings. The van der Waals surface area contributed by atoms with Crippen LogP contribution in [-0.2, 0) is 17.9 Å². The van der Waals surface area contributed by atoms with Crippen molar-refractivity contribution in [2.24, 2.45) is 0 Å². The van der Waals surface area contributed by atoms with Gasteiger partial charge in [-0.3, -0.25) is 14.4 Å². The number of carboxylic acids is 1. The number of hydrogen-bond acceptors (Lipinski definition) is 4. The van der Waals surface area contributed by atoms with Crippen molar-refractivity contribution in [3.05, 3.63) is 46.7 Å². The Kier molecular flexibility index (Phi) is 5.06. The van der Waals surface area contributed by atoms with E-state index in [4.69, 9.17) is 16.7 Å². The van der Waals surface area contributed by atoms with Gasteiger partial charge in [-0.15, -0.1) is 0 Å². The van der Waals surface area contributed by atoms with Crippen LogP contribution in [0.4, 0.5) is 0 Å². The monoisotopic (exact) mass is 349 g/mol. The number of aromatic nitrogens is 2. The Morgan fingerprint density at radius 2 is 2.21 bits per heavy atom. The molecule has 1 fully saturated rings. The predicted octanol–water partition coefficient (Wildman–Crippen LogP) is 2.71. The summed E-state index contributed by atoms with van der Waals surface area (Å²) in [6.45, 7) is 2.32. The zero-order chi connectivity index (χ0) is 17.1. The summed E-state index contributed by atoms with van der Waals surface area (Å²) in [5.41, 5.74) is 1.86. The Morgan fingerprint density at radius 1 is 1.38 bits per heavy atom. The van der Waals surface area contributed by atoms with Crippen LogP contribution in [0.2, 0.25) is 5.02 Å². The number of benzene rings is 1. The van der Waals surface area contributed by atoms with Crippen LogP contribution in [0.15, 0.2) is 30.5 Å². The first-order valence-corrected chi connectivity index (χ1v) is 8.34. The molecule has 7 heteroatoms. The average molecular weight is 350 g/mol. The van der Waals surface area contributed by atoms with Crippen molar-refractivity contribution in [1.29, 1.82) is 0 Å². The van der Waals surface area contributed by atoms with Gasteiger partial charge >= 0.3 is 5.97 Å². The van der Waals surface area contributed by atoms with Crippen LogP contribution >= 0.6 is 11.6 Å². The number of aromatic hydroxyl groups is 1. The van der Waals surface area contributed by atoms with Crippen LogP contribution in [0.5, 0.6) is 5.75 Å². The molecule has 3 rings (SSSR count). The van der Waals surface area contributed by atoms with E-state index in [0.29, 0.717) is 11.6 Å². The third-order valence-corrected chi connectivity index (χ3v) is 4.85. The second kappa shape index (κ2) is 7.23. The number of piperidine rings is 1. The molecule has 0 saturated carbocycles. The molecule has 128 valence electrons. The van der Waals surface area contributed by atoms with E-state index in [9.17, 15) is 9.90 Å². The van der Waals surface area contributed by atoms with Crippen molar-refractivity contribution >= 4 is 17.6 Å². The molecule has 1 aromatic heterocycles. The van der Waals surface area contributed by atoms with Crippen LogP contribution < -0.4 is 0 Å². The molecule has 1 aromatic carbocycles. The predicted molar refractivity (Wildman–Crippen MR) is 90.2 cm³/mol. The van der Waals surface area contributed by atoms with Gasteiger partial charge in [0, 0.05) is 30.9 Å². The summed E-state index contributed by atoms with van der Waals surface area (Å²) < 4.78 is 1.57. The molecule has 1 saturated heterocycles. The average Bonchev–Trinajstić information content (AvgIpc) is 2.99. The number of carbonyl (C=O) groups is 1. The number of phenols is 1. The first-order chi connectivity index (χ1) is 11.5. The molecule has 1 aliphatic heterocycles. The fraction of sp³-hybridized carbons (Fsp3) is 0.412. The van der Waals surface area contributed by atoms with Crippen molar-refractivity contribution in [3.63, 3.8) is 0 Å². The van der Waals surface area contributed by atoms with E-state index in [1.54, 1.807) is 23.0 Å². The molecule has 24 heavy (non-hydrogen) atoms. The quantitative estimate of drug-likeness (QED) is 0.867. The topological polar surface area (TPSA) is 78.6 Å². The maximum atomic E-state index is 11.0. The maximum Gasteiger partial charge on any atom is 0.325 e. The van der Waals surface area contributed by atoms with Crippen molar-refractivity contribution < 1.29 is 15.0 Å². The number of nitrogens with zero attached hydrogens (tertiary/aromatic N) is 3. The van der Waals surface area contributed by atoms with Gasteiger partial charge in [0.2, 0.25) is 0 Å². The van der Waals surface area contributed by atoms with E-state index in [0.717, 1.165) is 37.2 Å². The number of likely N-dealkylation sites (tertiary alicyclic amines) is 1. The zero-order valence-corrected chi connectivity index (χ0v) is 14.0.